The summed E-state index contributed by atoms with van der Waals surface area (Å²) >= 11 is 0. The lowest BCUT2D eigenvalue weighted by molar-refractivity contribution is 0.384. The number of hydrogen-bond donors (Lipinski definition) is 0. The second-order valence-electron chi connectivity index (χ2n) is 2.02. The topological polar surface area (TPSA) is 3.24 Å². The molecule has 0 aliphatic rings. The van der Waals surface area contributed by atoms with Crippen LogP contribution in [0, 0.1) is 12.3 Å². The molecule has 0 aliphatic heterocycles. The Morgan fingerprint density at radius 2 is 2.44 bits per heavy atom. The maximum absolute atomic E-state index is 5.08. The van der Waals surface area contributed by atoms with Gasteiger partial charge in [-0.3, -0.25) is 4.90 Å². The molecule has 0 N–H and O–H groups in total. The zero-order chi connectivity index (χ0) is 7.11. The first kappa shape index (κ1) is 8.26. The van der Waals surface area contributed by atoms with Gasteiger partial charge in [-0.2, -0.15) is 0 Å². The van der Waals surface area contributed by atoms with E-state index >= 15 is 0 Å². The second-order valence-corrected chi connectivity index (χ2v) is 2.02. The van der Waals surface area contributed by atoms with Gasteiger partial charge in [-0.05, 0) is 13.5 Å². The Balaban J connectivity index is 3.17. The molecule has 0 saturated carbocycles. The molecule has 1 nitrogen and oxygen atoms in total. The van der Waals surface area contributed by atoms with E-state index in [1.54, 1.807) is 0 Å². The van der Waals surface area contributed by atoms with Crippen molar-refractivity contribution in [3.05, 3.63) is 12.7 Å². The summed E-state index contributed by atoms with van der Waals surface area (Å²) in [6.45, 7) is 5.35. The van der Waals surface area contributed by atoms with Crippen LogP contribution >= 0.6 is 0 Å². The lowest BCUT2D eigenvalue weighted by Crippen LogP contribution is -2.18. The van der Waals surface area contributed by atoms with Crippen LogP contribution in [-0.4, -0.2) is 25.0 Å². The maximum atomic E-state index is 5.08. The van der Waals surface area contributed by atoms with Crippen LogP contribution in [0.4, 0.5) is 0 Å². The van der Waals surface area contributed by atoms with Gasteiger partial charge in [0, 0.05) is 6.54 Å². The van der Waals surface area contributed by atoms with E-state index in [4.69, 9.17) is 6.42 Å². The van der Waals surface area contributed by atoms with Gasteiger partial charge in [0.15, 0.2) is 0 Å². The van der Waals surface area contributed by atoms with Crippen molar-refractivity contribution in [2.24, 2.45) is 0 Å². The molecule has 0 heterocycles. The molecular weight excluding hydrogens is 110 g/mol. The molecule has 0 aromatic carbocycles. The van der Waals surface area contributed by atoms with Crippen LogP contribution in [0.5, 0.6) is 0 Å². The third-order valence-electron chi connectivity index (χ3n) is 1.08. The lowest BCUT2D eigenvalue weighted by atomic mass is 10.4. The number of hydrogen-bond acceptors (Lipinski definition) is 1. The predicted octanol–water partition coefficient (Wildman–Crippen LogP) is 1.13. The van der Waals surface area contributed by atoms with E-state index in [1.807, 2.05) is 13.1 Å². The molecular formula is C8H13N. The molecule has 9 heavy (non-hydrogen) atoms. The molecule has 0 bridgehead atoms. The fraction of sp³-hybridized carbons (Fsp3) is 0.500. The van der Waals surface area contributed by atoms with E-state index in [9.17, 15) is 0 Å². The Morgan fingerprint density at radius 1 is 1.78 bits per heavy atom. The van der Waals surface area contributed by atoms with E-state index in [0.717, 1.165) is 19.5 Å². The Hall–Kier alpha value is -0.740. The monoisotopic (exact) mass is 123 g/mol. The highest BCUT2D eigenvalue weighted by Crippen LogP contribution is 1.85. The second kappa shape index (κ2) is 5.40. The smallest absolute Gasteiger partial charge is 0.0596 e. The molecule has 1 heteroatoms. The molecule has 0 aromatic heterocycles. The number of terminal acetylenes is 1. The zero-order valence-electron chi connectivity index (χ0n) is 5.93. The first-order valence-corrected chi connectivity index (χ1v) is 3.04. The van der Waals surface area contributed by atoms with Crippen molar-refractivity contribution < 1.29 is 0 Å². The quantitative estimate of drug-likeness (QED) is 0.400. The van der Waals surface area contributed by atoms with Gasteiger partial charge < -0.3 is 0 Å². The Bertz CT molecular complexity index is 110. The highest BCUT2D eigenvalue weighted by molar-refractivity contribution is 4.87. The van der Waals surface area contributed by atoms with Crippen molar-refractivity contribution in [3.63, 3.8) is 0 Å². The molecule has 0 saturated heterocycles. The third kappa shape index (κ3) is 5.13. The maximum Gasteiger partial charge on any atom is 0.0596 e. The van der Waals surface area contributed by atoms with E-state index in [0.29, 0.717) is 0 Å². The van der Waals surface area contributed by atoms with E-state index in [-0.39, 0.29) is 0 Å². The van der Waals surface area contributed by atoms with Gasteiger partial charge in [0.1, 0.15) is 0 Å². The first-order valence-electron chi connectivity index (χ1n) is 3.04. The summed E-state index contributed by atoms with van der Waals surface area (Å²) in [6, 6.07) is 0. The van der Waals surface area contributed by atoms with Gasteiger partial charge in [0.25, 0.3) is 0 Å². The number of rotatable bonds is 4. The van der Waals surface area contributed by atoms with Crippen LogP contribution < -0.4 is 0 Å². The lowest BCUT2D eigenvalue weighted by Gasteiger charge is -2.09. The van der Waals surface area contributed by atoms with E-state index < -0.39 is 0 Å². The minimum atomic E-state index is 0.730. The molecule has 0 unspecified atom stereocenters. The summed E-state index contributed by atoms with van der Waals surface area (Å²) in [7, 11) is 2.00. The Kier molecular flexibility index (Phi) is 4.95. The fourth-order valence-electron chi connectivity index (χ4n) is 0.547. The predicted molar refractivity (Wildman–Crippen MR) is 41.1 cm³/mol. The van der Waals surface area contributed by atoms with E-state index in [1.165, 1.54) is 0 Å². The van der Waals surface area contributed by atoms with Crippen LogP contribution in [0.3, 0.4) is 0 Å². The average molecular weight is 123 g/mol. The summed E-state index contributed by atoms with van der Waals surface area (Å²) in [5.74, 6) is 2.57. The van der Waals surface area contributed by atoms with Crippen LogP contribution in [0.2, 0.25) is 0 Å². The first-order chi connectivity index (χ1) is 4.31. The van der Waals surface area contributed by atoms with Gasteiger partial charge >= 0.3 is 0 Å². The molecule has 0 spiro atoms. The van der Waals surface area contributed by atoms with Crippen LogP contribution in [-0.2, 0) is 0 Å². The van der Waals surface area contributed by atoms with Crippen molar-refractivity contribution in [1.82, 2.24) is 4.90 Å². The average Bonchev–Trinajstić information content (AvgIpc) is 1.85. The normalized spacial score (nSPS) is 9.00. The minimum absolute atomic E-state index is 0.730. The highest BCUT2D eigenvalue weighted by Gasteiger charge is 1.89. The van der Waals surface area contributed by atoms with Crippen molar-refractivity contribution in [2.75, 3.05) is 20.1 Å². The van der Waals surface area contributed by atoms with Crippen molar-refractivity contribution in [1.29, 1.82) is 0 Å². The minimum Gasteiger partial charge on any atom is -0.295 e. The molecule has 0 amide bonds. The van der Waals surface area contributed by atoms with Gasteiger partial charge in [0.2, 0.25) is 0 Å². The van der Waals surface area contributed by atoms with E-state index in [2.05, 4.69) is 17.4 Å². The molecule has 0 aromatic rings. The summed E-state index contributed by atoms with van der Waals surface area (Å²) in [4.78, 5) is 2.08. The SMILES string of the molecule is C#CCN(C)CCC=C. The van der Waals surface area contributed by atoms with Gasteiger partial charge in [-0.25, -0.2) is 0 Å². The third-order valence-corrected chi connectivity index (χ3v) is 1.08. The molecule has 0 aliphatic carbocycles. The van der Waals surface area contributed by atoms with Crippen molar-refractivity contribution in [3.8, 4) is 12.3 Å². The van der Waals surface area contributed by atoms with Crippen molar-refractivity contribution >= 4 is 0 Å². The van der Waals surface area contributed by atoms with Crippen molar-refractivity contribution in [2.45, 2.75) is 6.42 Å². The fourth-order valence-corrected chi connectivity index (χ4v) is 0.547. The molecule has 50 valence electrons. The summed E-state index contributed by atoms with van der Waals surface area (Å²) < 4.78 is 0. The Morgan fingerprint density at radius 3 is 2.89 bits per heavy atom. The van der Waals surface area contributed by atoms with Crippen LogP contribution in [0.25, 0.3) is 0 Å². The Labute approximate surface area is 57.4 Å². The summed E-state index contributed by atoms with van der Waals surface area (Å²) in [5.41, 5.74) is 0. The molecule has 0 fully saturated rings. The highest BCUT2D eigenvalue weighted by atomic mass is 15.1. The number of nitrogens with zero attached hydrogens (tertiary/aromatic N) is 1. The van der Waals surface area contributed by atoms with Crippen LogP contribution in [0.1, 0.15) is 6.42 Å². The van der Waals surface area contributed by atoms with Gasteiger partial charge in [0.05, 0.1) is 6.54 Å². The largest absolute Gasteiger partial charge is 0.295 e. The summed E-state index contributed by atoms with van der Waals surface area (Å²) in [5, 5.41) is 0. The standard InChI is InChI=1S/C8H13N/c1-4-6-8-9(3)7-5-2/h2,4H,1,6-8H2,3H3. The van der Waals surface area contributed by atoms with Gasteiger partial charge in [-0.15, -0.1) is 13.0 Å². The molecule has 0 rings (SSSR count). The summed E-state index contributed by atoms with van der Waals surface area (Å²) in [6.07, 6.45) is 7.99. The molecule has 0 radical (unpaired) electrons. The van der Waals surface area contributed by atoms with Crippen LogP contribution in [0.15, 0.2) is 12.7 Å². The zero-order valence-corrected chi connectivity index (χ0v) is 5.93. The molecule has 0 atom stereocenters. The van der Waals surface area contributed by atoms with Gasteiger partial charge in [-0.1, -0.05) is 12.0 Å².